The normalized spacial score (nSPS) is 14.7. The van der Waals surface area contributed by atoms with Gasteiger partial charge in [0.25, 0.3) is 5.91 Å². The summed E-state index contributed by atoms with van der Waals surface area (Å²) in [5.41, 5.74) is 0.758. The van der Waals surface area contributed by atoms with Gasteiger partial charge < -0.3 is 0 Å². The largest absolute Gasteiger partial charge is 0.276 e. The maximum Gasteiger partial charge on any atom is 0.276 e. The topological polar surface area (TPSA) is 29.4 Å². The number of hydrogen-bond donors (Lipinski definition) is 0. The highest BCUT2D eigenvalue weighted by molar-refractivity contribution is 6.81. The Bertz CT molecular complexity index is 333. The summed E-state index contributed by atoms with van der Waals surface area (Å²) in [7, 11) is 0.546. The SMILES string of the molecule is O=C1N=C[Si]c2ccccc21. The Kier molecular flexibility index (Phi) is 1.43. The monoisotopic (exact) mass is 159 g/mol. The number of nitrogens with zero attached hydrogens (tertiary/aromatic N) is 1. The van der Waals surface area contributed by atoms with E-state index in [0.29, 0.717) is 9.52 Å². The lowest BCUT2D eigenvalue weighted by molar-refractivity contribution is 0.100. The van der Waals surface area contributed by atoms with Gasteiger partial charge >= 0.3 is 0 Å². The lowest BCUT2D eigenvalue weighted by Crippen LogP contribution is -2.27. The number of carbonyl (C=O) groups is 1. The number of carbonyl (C=O) groups excluding carboxylic acids is 1. The second-order valence-corrected chi connectivity index (χ2v) is 3.34. The average molecular weight is 159 g/mol. The first-order chi connectivity index (χ1) is 5.38. The van der Waals surface area contributed by atoms with Crippen LogP contribution in [0.5, 0.6) is 0 Å². The van der Waals surface area contributed by atoms with Crippen molar-refractivity contribution in [3.05, 3.63) is 29.8 Å². The molecule has 1 aromatic rings. The molecule has 0 saturated heterocycles. The fourth-order valence-corrected chi connectivity index (χ4v) is 1.88. The van der Waals surface area contributed by atoms with Gasteiger partial charge in [-0.3, -0.25) is 4.79 Å². The molecule has 0 atom stereocenters. The lowest BCUT2D eigenvalue weighted by atomic mass is 10.2. The molecule has 0 fully saturated rings. The number of hydrogen-bond acceptors (Lipinski definition) is 1. The van der Waals surface area contributed by atoms with Gasteiger partial charge in [-0.25, -0.2) is 4.99 Å². The lowest BCUT2D eigenvalue weighted by Gasteiger charge is -2.05. The van der Waals surface area contributed by atoms with E-state index in [1.165, 1.54) is 0 Å². The summed E-state index contributed by atoms with van der Waals surface area (Å²) >= 11 is 0. The first-order valence-corrected chi connectivity index (χ1v) is 4.38. The van der Waals surface area contributed by atoms with Gasteiger partial charge in [0, 0.05) is 5.56 Å². The number of fused-ring (bicyclic) bond motifs is 1. The molecule has 0 bridgehead atoms. The first-order valence-electron chi connectivity index (χ1n) is 3.30. The summed E-state index contributed by atoms with van der Waals surface area (Å²) < 4.78 is 0. The van der Waals surface area contributed by atoms with Gasteiger partial charge in [-0.15, -0.1) is 0 Å². The van der Waals surface area contributed by atoms with Crippen molar-refractivity contribution < 1.29 is 4.79 Å². The zero-order valence-corrected chi connectivity index (χ0v) is 6.74. The maximum atomic E-state index is 11.1. The average Bonchev–Trinajstić information content (AvgIpc) is 2.06. The van der Waals surface area contributed by atoms with Gasteiger partial charge in [0.05, 0.1) is 0 Å². The van der Waals surface area contributed by atoms with E-state index in [0.717, 1.165) is 10.8 Å². The van der Waals surface area contributed by atoms with E-state index >= 15 is 0 Å². The molecule has 0 aromatic heterocycles. The molecule has 2 nitrogen and oxygen atoms in total. The predicted molar refractivity (Wildman–Crippen MR) is 44.7 cm³/mol. The van der Waals surface area contributed by atoms with E-state index < -0.39 is 0 Å². The molecule has 0 unspecified atom stereocenters. The Balaban J connectivity index is 2.59. The first kappa shape index (κ1) is 6.48. The maximum absolute atomic E-state index is 11.1. The fraction of sp³-hybridized carbons (Fsp3) is 0. The summed E-state index contributed by atoms with van der Waals surface area (Å²) in [6.45, 7) is 0. The van der Waals surface area contributed by atoms with Gasteiger partial charge in [-0.05, 0) is 17.1 Å². The third kappa shape index (κ3) is 1.03. The molecule has 11 heavy (non-hydrogen) atoms. The van der Waals surface area contributed by atoms with Crippen LogP contribution in [0.3, 0.4) is 0 Å². The van der Waals surface area contributed by atoms with Gasteiger partial charge in [0.15, 0.2) is 0 Å². The molecule has 1 aliphatic heterocycles. The molecule has 0 N–H and O–H groups in total. The van der Waals surface area contributed by atoms with Gasteiger partial charge in [0.1, 0.15) is 9.52 Å². The van der Waals surface area contributed by atoms with Crippen LogP contribution in [-0.2, 0) is 0 Å². The molecular formula is C8H5NOSi. The molecule has 0 saturated carbocycles. The van der Waals surface area contributed by atoms with Crippen LogP contribution in [0.1, 0.15) is 10.4 Å². The molecule has 3 heteroatoms. The minimum absolute atomic E-state index is 0.112. The van der Waals surface area contributed by atoms with Crippen LogP contribution in [0.15, 0.2) is 29.3 Å². The smallest absolute Gasteiger partial charge is 0.267 e. The van der Waals surface area contributed by atoms with Crippen LogP contribution < -0.4 is 5.19 Å². The zero-order valence-electron chi connectivity index (χ0n) is 5.74. The highest BCUT2D eigenvalue weighted by atomic mass is 28.2. The molecule has 1 heterocycles. The highest BCUT2D eigenvalue weighted by Crippen LogP contribution is 2.00. The molecule has 1 aliphatic rings. The van der Waals surface area contributed by atoms with Crippen molar-refractivity contribution in [3.63, 3.8) is 0 Å². The van der Waals surface area contributed by atoms with Crippen LogP contribution in [0, 0.1) is 0 Å². The standard InChI is InChI=1S/C8H5NOSi/c10-8-6-3-1-2-4-7(6)11-5-9-8/h1-5H. The summed E-state index contributed by atoms with van der Waals surface area (Å²) in [5, 5.41) is 1.10. The van der Waals surface area contributed by atoms with Crippen LogP contribution in [0.4, 0.5) is 0 Å². The molecule has 1 amide bonds. The van der Waals surface area contributed by atoms with Crippen LogP contribution in [0.25, 0.3) is 0 Å². The van der Waals surface area contributed by atoms with E-state index in [1.54, 1.807) is 5.84 Å². The zero-order chi connectivity index (χ0) is 7.68. The summed E-state index contributed by atoms with van der Waals surface area (Å²) in [6.07, 6.45) is 0. The molecule has 0 aliphatic carbocycles. The third-order valence-electron chi connectivity index (χ3n) is 1.56. The Hall–Kier alpha value is -1.22. The molecular weight excluding hydrogens is 154 g/mol. The van der Waals surface area contributed by atoms with Crippen LogP contribution >= 0.6 is 0 Å². The van der Waals surface area contributed by atoms with Gasteiger partial charge in [-0.1, -0.05) is 18.2 Å². The van der Waals surface area contributed by atoms with Crippen LogP contribution in [0.2, 0.25) is 0 Å². The predicted octanol–water partition coefficient (Wildman–Crippen LogP) is 0.198. The number of benzene rings is 1. The van der Waals surface area contributed by atoms with E-state index in [2.05, 4.69) is 4.99 Å². The molecule has 2 radical (unpaired) electrons. The summed E-state index contributed by atoms with van der Waals surface area (Å²) in [5.74, 6) is 1.57. The van der Waals surface area contributed by atoms with Crippen molar-refractivity contribution in [3.8, 4) is 0 Å². The van der Waals surface area contributed by atoms with Crippen molar-refractivity contribution in [2.75, 3.05) is 0 Å². The van der Waals surface area contributed by atoms with Crippen molar-refractivity contribution in [1.29, 1.82) is 0 Å². The molecule has 52 valence electrons. The van der Waals surface area contributed by atoms with Gasteiger partial charge in [0.2, 0.25) is 0 Å². The second kappa shape index (κ2) is 2.43. The highest BCUT2D eigenvalue weighted by Gasteiger charge is 2.12. The van der Waals surface area contributed by atoms with E-state index in [9.17, 15) is 4.79 Å². The number of amides is 1. The Morgan fingerprint density at radius 3 is 2.91 bits per heavy atom. The van der Waals surface area contributed by atoms with E-state index in [1.807, 2.05) is 24.3 Å². The fourth-order valence-electron chi connectivity index (χ4n) is 1.03. The Morgan fingerprint density at radius 2 is 2.09 bits per heavy atom. The van der Waals surface area contributed by atoms with Crippen molar-refractivity contribution in [2.45, 2.75) is 0 Å². The molecule has 1 aromatic carbocycles. The number of aliphatic imine (C=N–C) groups is 1. The second-order valence-electron chi connectivity index (χ2n) is 2.25. The summed E-state index contributed by atoms with van der Waals surface area (Å²) in [6, 6.07) is 7.60. The van der Waals surface area contributed by atoms with E-state index in [-0.39, 0.29) is 5.91 Å². The molecule has 0 spiro atoms. The van der Waals surface area contributed by atoms with Crippen molar-refractivity contribution >= 4 is 26.5 Å². The molecule has 2 rings (SSSR count). The van der Waals surface area contributed by atoms with Gasteiger partial charge in [-0.2, -0.15) is 0 Å². The summed E-state index contributed by atoms with van der Waals surface area (Å²) in [4.78, 5) is 14.8. The quantitative estimate of drug-likeness (QED) is 0.497. The van der Waals surface area contributed by atoms with Crippen molar-refractivity contribution in [2.24, 2.45) is 4.99 Å². The third-order valence-corrected chi connectivity index (χ3v) is 2.56. The Morgan fingerprint density at radius 1 is 1.27 bits per heavy atom. The van der Waals surface area contributed by atoms with Crippen molar-refractivity contribution in [1.82, 2.24) is 0 Å². The number of rotatable bonds is 0. The van der Waals surface area contributed by atoms with E-state index in [4.69, 9.17) is 0 Å². The van der Waals surface area contributed by atoms with Crippen LogP contribution in [-0.4, -0.2) is 21.3 Å². The minimum atomic E-state index is -0.112. The Labute approximate surface area is 66.8 Å². The minimum Gasteiger partial charge on any atom is -0.267 e.